The second-order valence-corrected chi connectivity index (χ2v) is 6.28. The number of nitrogens with two attached hydrogens (primary N) is 1. The van der Waals surface area contributed by atoms with Gasteiger partial charge in [-0.2, -0.15) is 5.10 Å². The molecule has 0 radical (unpaired) electrons. The maximum atomic E-state index is 13.1. The molecular weight excluding hydrogens is 352 g/mol. The standard InChI is InChI=1S/C19H20N4O2.ClH/c20-12-14-8-9-22(13-14)19(24)17-11-16(18-7-4-10-25-18)21-23(17)15-5-2-1-3-6-15;/h1-7,10-11,14H,8-9,12-13,20H2;1H. The second kappa shape index (κ2) is 7.76. The first kappa shape index (κ1) is 18.2. The van der Waals surface area contributed by atoms with Gasteiger partial charge >= 0.3 is 0 Å². The van der Waals surface area contributed by atoms with Crippen LogP contribution in [0.25, 0.3) is 17.1 Å². The molecule has 1 aliphatic rings. The fourth-order valence-electron chi connectivity index (χ4n) is 3.22. The molecule has 0 saturated carbocycles. The van der Waals surface area contributed by atoms with Crippen molar-refractivity contribution in [2.24, 2.45) is 11.7 Å². The number of carbonyl (C=O) groups is 1. The van der Waals surface area contributed by atoms with Crippen molar-refractivity contribution in [3.05, 3.63) is 60.5 Å². The van der Waals surface area contributed by atoms with E-state index in [9.17, 15) is 4.79 Å². The number of amides is 1. The Balaban J connectivity index is 0.00000196. The van der Waals surface area contributed by atoms with Gasteiger partial charge in [-0.1, -0.05) is 18.2 Å². The number of hydrogen-bond acceptors (Lipinski definition) is 4. The third-order valence-corrected chi connectivity index (χ3v) is 4.61. The zero-order chi connectivity index (χ0) is 17.2. The Bertz CT molecular complexity index is 861. The van der Waals surface area contributed by atoms with E-state index in [4.69, 9.17) is 10.2 Å². The smallest absolute Gasteiger partial charge is 0.272 e. The molecule has 136 valence electrons. The Morgan fingerprint density at radius 1 is 1.23 bits per heavy atom. The van der Waals surface area contributed by atoms with Crippen molar-refractivity contribution in [2.45, 2.75) is 6.42 Å². The minimum absolute atomic E-state index is 0. The lowest BCUT2D eigenvalue weighted by Crippen LogP contribution is -2.31. The van der Waals surface area contributed by atoms with E-state index in [-0.39, 0.29) is 18.3 Å². The zero-order valence-electron chi connectivity index (χ0n) is 14.2. The average molecular weight is 373 g/mol. The van der Waals surface area contributed by atoms with Crippen molar-refractivity contribution in [3.8, 4) is 17.1 Å². The van der Waals surface area contributed by atoms with Crippen LogP contribution in [0.3, 0.4) is 0 Å². The summed E-state index contributed by atoms with van der Waals surface area (Å²) in [6.07, 6.45) is 2.55. The van der Waals surface area contributed by atoms with Gasteiger partial charge in [0.1, 0.15) is 11.4 Å². The quantitative estimate of drug-likeness (QED) is 0.763. The van der Waals surface area contributed by atoms with Crippen LogP contribution in [-0.4, -0.2) is 40.2 Å². The molecule has 1 atom stereocenters. The minimum Gasteiger partial charge on any atom is -0.463 e. The van der Waals surface area contributed by atoms with E-state index in [0.717, 1.165) is 18.7 Å². The molecule has 0 aliphatic carbocycles. The van der Waals surface area contributed by atoms with Gasteiger partial charge in [-0.15, -0.1) is 12.4 Å². The zero-order valence-corrected chi connectivity index (χ0v) is 15.1. The van der Waals surface area contributed by atoms with E-state index >= 15 is 0 Å². The van der Waals surface area contributed by atoms with Crippen LogP contribution in [0.4, 0.5) is 0 Å². The maximum absolute atomic E-state index is 13.1. The lowest BCUT2D eigenvalue weighted by atomic mass is 10.1. The van der Waals surface area contributed by atoms with E-state index in [2.05, 4.69) is 5.10 Å². The van der Waals surface area contributed by atoms with Crippen LogP contribution in [0, 0.1) is 5.92 Å². The molecule has 3 aromatic rings. The highest BCUT2D eigenvalue weighted by atomic mass is 35.5. The Hall–Kier alpha value is -2.57. The van der Waals surface area contributed by atoms with Crippen molar-refractivity contribution in [1.29, 1.82) is 0 Å². The molecular formula is C19H21ClN4O2. The highest BCUT2D eigenvalue weighted by Crippen LogP contribution is 2.25. The van der Waals surface area contributed by atoms with Crippen molar-refractivity contribution < 1.29 is 9.21 Å². The third kappa shape index (κ3) is 3.38. The molecule has 1 unspecified atom stereocenters. The number of likely N-dealkylation sites (tertiary alicyclic amines) is 1. The summed E-state index contributed by atoms with van der Waals surface area (Å²) in [5.74, 6) is 0.997. The lowest BCUT2D eigenvalue weighted by Gasteiger charge is -2.17. The summed E-state index contributed by atoms with van der Waals surface area (Å²) in [6, 6.07) is 15.1. The number of aromatic nitrogens is 2. The monoisotopic (exact) mass is 372 g/mol. The van der Waals surface area contributed by atoms with Gasteiger partial charge in [0.2, 0.25) is 0 Å². The van der Waals surface area contributed by atoms with Gasteiger partial charge in [0.15, 0.2) is 5.76 Å². The number of carbonyl (C=O) groups excluding carboxylic acids is 1. The number of halogens is 1. The summed E-state index contributed by atoms with van der Waals surface area (Å²) >= 11 is 0. The van der Waals surface area contributed by atoms with Gasteiger partial charge in [-0.05, 0) is 43.1 Å². The number of hydrogen-bond donors (Lipinski definition) is 1. The van der Waals surface area contributed by atoms with Crippen LogP contribution in [0.5, 0.6) is 0 Å². The molecule has 2 aromatic heterocycles. The first-order chi connectivity index (χ1) is 12.3. The fourth-order valence-corrected chi connectivity index (χ4v) is 3.22. The molecule has 4 rings (SSSR count). The van der Waals surface area contributed by atoms with Gasteiger partial charge in [0.05, 0.1) is 12.0 Å². The number of nitrogens with zero attached hydrogens (tertiary/aromatic N) is 3. The van der Waals surface area contributed by atoms with Crippen LogP contribution in [0.2, 0.25) is 0 Å². The van der Waals surface area contributed by atoms with Gasteiger partial charge < -0.3 is 15.1 Å². The summed E-state index contributed by atoms with van der Waals surface area (Å²) in [4.78, 5) is 14.9. The molecule has 0 spiro atoms. The van der Waals surface area contributed by atoms with E-state index in [1.165, 1.54) is 0 Å². The molecule has 26 heavy (non-hydrogen) atoms. The van der Waals surface area contributed by atoms with Crippen molar-refractivity contribution >= 4 is 18.3 Å². The van der Waals surface area contributed by atoms with Crippen LogP contribution in [0.15, 0.2) is 59.2 Å². The van der Waals surface area contributed by atoms with E-state index in [0.29, 0.717) is 36.2 Å². The highest BCUT2D eigenvalue weighted by Gasteiger charge is 2.29. The first-order valence-corrected chi connectivity index (χ1v) is 8.45. The number of para-hydroxylation sites is 1. The number of furan rings is 1. The Kier molecular flexibility index (Phi) is 5.44. The number of rotatable bonds is 4. The summed E-state index contributed by atoms with van der Waals surface area (Å²) in [5, 5.41) is 4.61. The predicted molar refractivity (Wildman–Crippen MR) is 102 cm³/mol. The minimum atomic E-state index is -0.0230. The van der Waals surface area contributed by atoms with Crippen LogP contribution < -0.4 is 5.73 Å². The van der Waals surface area contributed by atoms with E-state index in [1.807, 2.05) is 47.4 Å². The van der Waals surface area contributed by atoms with Gasteiger partial charge in [0, 0.05) is 19.2 Å². The summed E-state index contributed by atoms with van der Waals surface area (Å²) in [7, 11) is 0. The van der Waals surface area contributed by atoms with Gasteiger partial charge in [-0.3, -0.25) is 4.79 Å². The molecule has 1 fully saturated rings. The Morgan fingerprint density at radius 3 is 2.69 bits per heavy atom. The Labute approximate surface area is 158 Å². The number of benzene rings is 1. The highest BCUT2D eigenvalue weighted by molar-refractivity contribution is 5.94. The predicted octanol–water partition coefficient (Wildman–Crippen LogP) is 2.97. The molecule has 1 saturated heterocycles. The third-order valence-electron chi connectivity index (χ3n) is 4.61. The van der Waals surface area contributed by atoms with Crippen molar-refractivity contribution in [2.75, 3.05) is 19.6 Å². The van der Waals surface area contributed by atoms with Crippen LogP contribution in [-0.2, 0) is 0 Å². The summed E-state index contributed by atoms with van der Waals surface area (Å²) in [5.41, 5.74) is 7.78. The molecule has 1 amide bonds. The van der Waals surface area contributed by atoms with Gasteiger partial charge in [-0.25, -0.2) is 4.68 Å². The topological polar surface area (TPSA) is 77.3 Å². The fraction of sp³-hybridized carbons (Fsp3) is 0.263. The average Bonchev–Trinajstić information content (AvgIpc) is 3.41. The van der Waals surface area contributed by atoms with Crippen LogP contribution >= 0.6 is 12.4 Å². The lowest BCUT2D eigenvalue weighted by molar-refractivity contribution is 0.0778. The first-order valence-electron chi connectivity index (χ1n) is 8.45. The molecule has 2 N–H and O–H groups in total. The van der Waals surface area contributed by atoms with Gasteiger partial charge in [0.25, 0.3) is 5.91 Å². The van der Waals surface area contributed by atoms with E-state index < -0.39 is 0 Å². The molecule has 1 aliphatic heterocycles. The molecule has 1 aromatic carbocycles. The van der Waals surface area contributed by atoms with Crippen molar-refractivity contribution in [1.82, 2.24) is 14.7 Å². The van der Waals surface area contributed by atoms with E-state index in [1.54, 1.807) is 17.0 Å². The van der Waals surface area contributed by atoms with Crippen molar-refractivity contribution in [3.63, 3.8) is 0 Å². The maximum Gasteiger partial charge on any atom is 0.272 e. The molecule has 3 heterocycles. The molecule has 0 bridgehead atoms. The summed E-state index contributed by atoms with van der Waals surface area (Å²) in [6.45, 7) is 2.04. The van der Waals surface area contributed by atoms with Crippen LogP contribution in [0.1, 0.15) is 16.9 Å². The Morgan fingerprint density at radius 2 is 2.04 bits per heavy atom. The largest absolute Gasteiger partial charge is 0.463 e. The second-order valence-electron chi connectivity index (χ2n) is 6.28. The summed E-state index contributed by atoms with van der Waals surface area (Å²) < 4.78 is 7.14. The SMILES string of the molecule is Cl.NCC1CCN(C(=O)c2cc(-c3ccco3)nn2-c2ccccc2)C1. The normalized spacial score (nSPS) is 16.5. The molecule has 7 heteroatoms. The molecule has 6 nitrogen and oxygen atoms in total.